The highest BCUT2D eigenvalue weighted by Gasteiger charge is 2.11. The summed E-state index contributed by atoms with van der Waals surface area (Å²) in [6, 6.07) is 3.57. The average molecular weight is 240 g/mol. The fourth-order valence-electron chi connectivity index (χ4n) is 1.45. The van der Waals surface area contributed by atoms with Crippen molar-refractivity contribution >= 4 is 5.91 Å². The van der Waals surface area contributed by atoms with Crippen molar-refractivity contribution in [3.05, 3.63) is 24.0 Å². The molecule has 0 spiro atoms. The van der Waals surface area contributed by atoms with E-state index in [-0.39, 0.29) is 12.5 Å². The standard InChI is InChI=1S/C12H20N2O3/c1-3-10(15)9-13-12(16)11-5-4-6-14(11)7-8-17-2/h4-6,10,15H,3,7-9H2,1-2H3,(H,13,16). The number of ether oxygens (including phenoxy) is 1. The molecule has 0 saturated heterocycles. The maximum atomic E-state index is 11.8. The molecule has 1 heterocycles. The first-order valence-electron chi connectivity index (χ1n) is 5.79. The second-order valence-corrected chi connectivity index (χ2v) is 3.85. The summed E-state index contributed by atoms with van der Waals surface area (Å²) in [5.74, 6) is -0.168. The van der Waals surface area contributed by atoms with E-state index in [1.165, 1.54) is 0 Å². The third kappa shape index (κ3) is 4.20. The zero-order valence-electron chi connectivity index (χ0n) is 10.3. The van der Waals surface area contributed by atoms with Gasteiger partial charge in [0.05, 0.1) is 12.7 Å². The molecule has 1 aromatic rings. The molecule has 1 aromatic heterocycles. The first kappa shape index (κ1) is 13.7. The molecule has 2 N–H and O–H groups in total. The third-order valence-corrected chi connectivity index (χ3v) is 2.57. The van der Waals surface area contributed by atoms with Gasteiger partial charge in [-0.05, 0) is 18.6 Å². The van der Waals surface area contributed by atoms with E-state index in [0.29, 0.717) is 25.3 Å². The van der Waals surface area contributed by atoms with E-state index in [1.807, 2.05) is 23.8 Å². The highest BCUT2D eigenvalue weighted by atomic mass is 16.5. The summed E-state index contributed by atoms with van der Waals surface area (Å²) >= 11 is 0. The van der Waals surface area contributed by atoms with E-state index in [2.05, 4.69) is 5.32 Å². The number of amides is 1. The van der Waals surface area contributed by atoms with Crippen molar-refractivity contribution in [2.75, 3.05) is 20.3 Å². The van der Waals surface area contributed by atoms with Gasteiger partial charge in [-0.3, -0.25) is 4.79 Å². The molecule has 0 aromatic carbocycles. The minimum atomic E-state index is -0.485. The van der Waals surface area contributed by atoms with Gasteiger partial charge in [-0.2, -0.15) is 0 Å². The summed E-state index contributed by atoms with van der Waals surface area (Å²) < 4.78 is 6.80. The topological polar surface area (TPSA) is 63.5 Å². The predicted molar refractivity (Wildman–Crippen MR) is 64.9 cm³/mol. The van der Waals surface area contributed by atoms with Crippen LogP contribution in [-0.2, 0) is 11.3 Å². The lowest BCUT2D eigenvalue weighted by Gasteiger charge is -2.11. The molecule has 1 unspecified atom stereocenters. The Hall–Kier alpha value is -1.33. The van der Waals surface area contributed by atoms with E-state index in [9.17, 15) is 9.90 Å². The maximum Gasteiger partial charge on any atom is 0.267 e. The van der Waals surface area contributed by atoms with Gasteiger partial charge in [-0.15, -0.1) is 0 Å². The van der Waals surface area contributed by atoms with Crippen molar-refractivity contribution < 1.29 is 14.6 Å². The van der Waals surface area contributed by atoms with Crippen LogP contribution in [0.3, 0.4) is 0 Å². The van der Waals surface area contributed by atoms with Crippen molar-refractivity contribution in [2.45, 2.75) is 26.0 Å². The summed E-state index contributed by atoms with van der Waals surface area (Å²) in [7, 11) is 1.63. The van der Waals surface area contributed by atoms with Crippen LogP contribution in [0.15, 0.2) is 18.3 Å². The Morgan fingerprint density at radius 1 is 1.65 bits per heavy atom. The summed E-state index contributed by atoms with van der Waals surface area (Å²) in [6.07, 6.45) is 1.98. The minimum absolute atomic E-state index is 0.168. The molecule has 0 aliphatic rings. The van der Waals surface area contributed by atoms with Crippen LogP contribution in [0, 0.1) is 0 Å². The predicted octanol–water partition coefficient (Wildman–Crippen LogP) is 0.635. The van der Waals surface area contributed by atoms with Gasteiger partial charge in [-0.1, -0.05) is 6.92 Å². The fraction of sp³-hybridized carbons (Fsp3) is 0.583. The maximum absolute atomic E-state index is 11.8. The highest BCUT2D eigenvalue weighted by molar-refractivity contribution is 5.92. The van der Waals surface area contributed by atoms with Crippen LogP contribution in [-0.4, -0.2) is 41.9 Å². The summed E-state index contributed by atoms with van der Waals surface area (Å²) in [5.41, 5.74) is 0.588. The number of hydrogen-bond acceptors (Lipinski definition) is 3. The second kappa shape index (κ2) is 7.09. The number of carbonyl (C=O) groups excluding carboxylic acids is 1. The summed E-state index contributed by atoms with van der Waals surface area (Å²) in [5, 5.41) is 12.1. The monoisotopic (exact) mass is 240 g/mol. The van der Waals surface area contributed by atoms with Crippen LogP contribution in [0.5, 0.6) is 0 Å². The van der Waals surface area contributed by atoms with Crippen LogP contribution in [0.2, 0.25) is 0 Å². The lowest BCUT2D eigenvalue weighted by Crippen LogP contribution is -2.33. The molecule has 0 bridgehead atoms. The average Bonchev–Trinajstić information content (AvgIpc) is 2.81. The fourth-order valence-corrected chi connectivity index (χ4v) is 1.45. The molecule has 1 rings (SSSR count). The molecular formula is C12H20N2O3. The Kier molecular flexibility index (Phi) is 5.72. The van der Waals surface area contributed by atoms with Crippen LogP contribution >= 0.6 is 0 Å². The number of rotatable bonds is 7. The van der Waals surface area contributed by atoms with Crippen LogP contribution in [0.4, 0.5) is 0 Å². The Morgan fingerprint density at radius 3 is 3.06 bits per heavy atom. The van der Waals surface area contributed by atoms with Gasteiger partial charge in [0.2, 0.25) is 0 Å². The Labute approximate surface area is 101 Å². The Balaban J connectivity index is 2.53. The zero-order valence-corrected chi connectivity index (χ0v) is 10.3. The lowest BCUT2D eigenvalue weighted by molar-refractivity contribution is 0.0902. The van der Waals surface area contributed by atoms with Gasteiger partial charge < -0.3 is 19.7 Å². The molecule has 96 valence electrons. The molecule has 0 saturated carbocycles. The second-order valence-electron chi connectivity index (χ2n) is 3.85. The molecule has 1 atom stereocenters. The van der Waals surface area contributed by atoms with E-state index in [0.717, 1.165) is 0 Å². The Morgan fingerprint density at radius 2 is 2.41 bits per heavy atom. The molecule has 17 heavy (non-hydrogen) atoms. The first-order chi connectivity index (χ1) is 8.19. The SMILES string of the molecule is CCC(O)CNC(=O)c1cccn1CCOC. The molecule has 0 aliphatic heterocycles. The van der Waals surface area contributed by atoms with Crippen molar-refractivity contribution in [3.8, 4) is 0 Å². The molecule has 5 heteroatoms. The van der Waals surface area contributed by atoms with Crippen molar-refractivity contribution in [1.82, 2.24) is 9.88 Å². The lowest BCUT2D eigenvalue weighted by atomic mass is 10.3. The smallest absolute Gasteiger partial charge is 0.267 e. The number of nitrogens with zero attached hydrogens (tertiary/aromatic N) is 1. The minimum Gasteiger partial charge on any atom is -0.391 e. The van der Waals surface area contributed by atoms with Gasteiger partial charge in [0.25, 0.3) is 5.91 Å². The van der Waals surface area contributed by atoms with E-state index in [4.69, 9.17) is 4.74 Å². The van der Waals surface area contributed by atoms with Gasteiger partial charge >= 0.3 is 0 Å². The van der Waals surface area contributed by atoms with Gasteiger partial charge in [0, 0.05) is 26.4 Å². The van der Waals surface area contributed by atoms with Crippen molar-refractivity contribution in [2.24, 2.45) is 0 Å². The van der Waals surface area contributed by atoms with Crippen molar-refractivity contribution in [3.63, 3.8) is 0 Å². The number of carbonyl (C=O) groups is 1. The number of methoxy groups -OCH3 is 1. The third-order valence-electron chi connectivity index (χ3n) is 2.57. The molecule has 0 radical (unpaired) electrons. The molecule has 0 fully saturated rings. The zero-order chi connectivity index (χ0) is 12.7. The van der Waals surface area contributed by atoms with Gasteiger partial charge in [0.1, 0.15) is 5.69 Å². The molecule has 1 amide bonds. The van der Waals surface area contributed by atoms with Gasteiger partial charge in [0.15, 0.2) is 0 Å². The van der Waals surface area contributed by atoms with E-state index in [1.54, 1.807) is 13.2 Å². The summed E-state index contributed by atoms with van der Waals surface area (Å²) in [6.45, 7) is 3.36. The number of aliphatic hydroxyl groups is 1. The first-order valence-corrected chi connectivity index (χ1v) is 5.79. The van der Waals surface area contributed by atoms with Crippen LogP contribution in [0.1, 0.15) is 23.8 Å². The molecule has 0 aliphatic carbocycles. The largest absolute Gasteiger partial charge is 0.391 e. The van der Waals surface area contributed by atoms with Crippen LogP contribution in [0.25, 0.3) is 0 Å². The number of nitrogens with one attached hydrogen (secondary N) is 1. The van der Waals surface area contributed by atoms with Gasteiger partial charge in [-0.25, -0.2) is 0 Å². The van der Waals surface area contributed by atoms with Crippen LogP contribution < -0.4 is 5.32 Å². The van der Waals surface area contributed by atoms with Crippen molar-refractivity contribution in [1.29, 1.82) is 0 Å². The quantitative estimate of drug-likeness (QED) is 0.735. The molecule has 5 nitrogen and oxygen atoms in total. The number of aromatic nitrogens is 1. The summed E-state index contributed by atoms with van der Waals surface area (Å²) in [4.78, 5) is 11.8. The number of aliphatic hydroxyl groups excluding tert-OH is 1. The molecular weight excluding hydrogens is 220 g/mol. The normalized spacial score (nSPS) is 12.4. The Bertz CT molecular complexity index is 349. The highest BCUT2D eigenvalue weighted by Crippen LogP contribution is 2.02. The van der Waals surface area contributed by atoms with E-state index >= 15 is 0 Å². The number of hydrogen-bond donors (Lipinski definition) is 2. The van der Waals surface area contributed by atoms with E-state index < -0.39 is 6.10 Å².